The SMILES string of the molecule is O=C(Cc1n[nH]c(=O)[nH]1)NCCc1cn2ccsc2n1. The fraction of sp³-hybridized carbons (Fsp3) is 0.273. The first-order valence-electron chi connectivity index (χ1n) is 6.02. The van der Waals surface area contributed by atoms with Crippen molar-refractivity contribution in [2.24, 2.45) is 0 Å². The van der Waals surface area contributed by atoms with Crippen molar-refractivity contribution in [2.75, 3.05) is 6.54 Å². The summed E-state index contributed by atoms with van der Waals surface area (Å²) >= 11 is 1.57. The molecule has 0 aliphatic heterocycles. The third-order valence-electron chi connectivity index (χ3n) is 2.72. The van der Waals surface area contributed by atoms with Gasteiger partial charge >= 0.3 is 5.69 Å². The van der Waals surface area contributed by atoms with Crippen LogP contribution in [0.15, 0.2) is 22.6 Å². The monoisotopic (exact) mass is 292 g/mol. The van der Waals surface area contributed by atoms with Gasteiger partial charge in [0.2, 0.25) is 5.91 Å². The number of amides is 1. The molecule has 8 nitrogen and oxygen atoms in total. The zero-order valence-electron chi connectivity index (χ0n) is 10.4. The topological polar surface area (TPSA) is 108 Å². The summed E-state index contributed by atoms with van der Waals surface area (Å²) < 4.78 is 1.95. The summed E-state index contributed by atoms with van der Waals surface area (Å²) in [6.45, 7) is 0.498. The Labute approximate surface area is 116 Å². The second-order valence-electron chi connectivity index (χ2n) is 4.23. The summed E-state index contributed by atoms with van der Waals surface area (Å²) in [5, 5.41) is 10.6. The minimum Gasteiger partial charge on any atom is -0.355 e. The van der Waals surface area contributed by atoms with Crippen molar-refractivity contribution in [3.05, 3.63) is 39.8 Å². The minimum atomic E-state index is -0.411. The fourth-order valence-corrected chi connectivity index (χ4v) is 2.55. The van der Waals surface area contributed by atoms with Gasteiger partial charge in [-0.2, -0.15) is 5.10 Å². The van der Waals surface area contributed by atoms with Gasteiger partial charge in [-0.05, 0) is 0 Å². The van der Waals surface area contributed by atoms with E-state index in [0.29, 0.717) is 18.8 Å². The first-order chi connectivity index (χ1) is 9.70. The summed E-state index contributed by atoms with van der Waals surface area (Å²) in [5.41, 5.74) is 0.524. The number of hydrogen-bond acceptors (Lipinski definition) is 5. The molecule has 0 unspecified atom stereocenters. The Kier molecular flexibility index (Phi) is 3.33. The maximum Gasteiger partial charge on any atom is 0.340 e. The van der Waals surface area contributed by atoms with Gasteiger partial charge in [-0.1, -0.05) is 0 Å². The molecule has 0 radical (unpaired) electrons. The van der Waals surface area contributed by atoms with Gasteiger partial charge in [-0.15, -0.1) is 11.3 Å². The molecule has 0 aromatic carbocycles. The number of hydrogen-bond donors (Lipinski definition) is 3. The van der Waals surface area contributed by atoms with Gasteiger partial charge in [-0.3, -0.25) is 14.2 Å². The molecule has 0 fully saturated rings. The number of rotatable bonds is 5. The number of nitrogens with one attached hydrogen (secondary N) is 3. The van der Waals surface area contributed by atoms with E-state index in [9.17, 15) is 9.59 Å². The van der Waals surface area contributed by atoms with Crippen LogP contribution in [0.3, 0.4) is 0 Å². The van der Waals surface area contributed by atoms with Gasteiger partial charge in [-0.25, -0.2) is 14.9 Å². The van der Waals surface area contributed by atoms with Gasteiger partial charge < -0.3 is 5.32 Å². The minimum absolute atomic E-state index is 0.0526. The Morgan fingerprint density at radius 1 is 1.50 bits per heavy atom. The van der Waals surface area contributed by atoms with Crippen molar-refractivity contribution in [1.29, 1.82) is 0 Å². The zero-order valence-corrected chi connectivity index (χ0v) is 11.2. The van der Waals surface area contributed by atoms with E-state index in [-0.39, 0.29) is 12.3 Å². The molecule has 3 heterocycles. The molecule has 9 heteroatoms. The predicted molar refractivity (Wildman–Crippen MR) is 72.7 cm³/mol. The lowest BCUT2D eigenvalue weighted by Crippen LogP contribution is -2.27. The van der Waals surface area contributed by atoms with E-state index in [1.165, 1.54) is 0 Å². The summed E-state index contributed by atoms with van der Waals surface area (Å²) in [6.07, 6.45) is 4.61. The van der Waals surface area contributed by atoms with Crippen LogP contribution in [0.5, 0.6) is 0 Å². The third-order valence-corrected chi connectivity index (χ3v) is 3.50. The lowest BCUT2D eigenvalue weighted by Gasteiger charge is -2.01. The molecular formula is C11H12N6O2S. The number of carbonyl (C=O) groups excluding carboxylic acids is 1. The molecule has 3 aromatic rings. The molecule has 3 aromatic heterocycles. The summed E-state index contributed by atoms with van der Waals surface area (Å²) in [4.78, 5) is 30.2. The van der Waals surface area contributed by atoms with Gasteiger partial charge in [0, 0.05) is 30.7 Å². The molecular weight excluding hydrogens is 280 g/mol. The molecule has 0 saturated heterocycles. The Balaban J connectivity index is 1.48. The Hall–Kier alpha value is -2.42. The Morgan fingerprint density at radius 3 is 3.15 bits per heavy atom. The van der Waals surface area contributed by atoms with Crippen molar-refractivity contribution < 1.29 is 4.79 Å². The number of thiazole rings is 1. The first-order valence-corrected chi connectivity index (χ1v) is 6.90. The van der Waals surface area contributed by atoms with Crippen molar-refractivity contribution in [2.45, 2.75) is 12.8 Å². The Bertz CT molecular complexity index is 753. The van der Waals surface area contributed by atoms with E-state index in [1.807, 2.05) is 22.2 Å². The average Bonchev–Trinajstić information content (AvgIpc) is 3.05. The average molecular weight is 292 g/mol. The fourth-order valence-electron chi connectivity index (χ4n) is 1.83. The molecule has 0 aliphatic carbocycles. The number of carbonyl (C=O) groups is 1. The van der Waals surface area contributed by atoms with E-state index in [2.05, 4.69) is 25.5 Å². The van der Waals surface area contributed by atoms with E-state index < -0.39 is 5.69 Å². The smallest absolute Gasteiger partial charge is 0.340 e. The molecule has 1 amide bonds. The summed E-state index contributed by atoms with van der Waals surface area (Å²) in [6, 6.07) is 0. The van der Waals surface area contributed by atoms with Crippen LogP contribution >= 0.6 is 11.3 Å². The lowest BCUT2D eigenvalue weighted by atomic mass is 10.3. The standard InChI is InChI=1S/C11H12N6O2S/c18-9(5-8-14-10(19)16-15-8)12-2-1-7-6-17-3-4-20-11(17)13-7/h3-4,6H,1-2,5H2,(H,12,18)(H2,14,15,16,19). The van der Waals surface area contributed by atoms with Crippen LogP contribution in [0, 0.1) is 0 Å². The molecule has 3 rings (SSSR count). The number of H-pyrrole nitrogens is 2. The summed E-state index contributed by atoms with van der Waals surface area (Å²) in [5.74, 6) is 0.142. The van der Waals surface area contributed by atoms with Crippen LogP contribution in [-0.2, 0) is 17.6 Å². The quantitative estimate of drug-likeness (QED) is 0.600. The maximum absolute atomic E-state index is 11.6. The van der Waals surface area contributed by atoms with Crippen LogP contribution in [0.4, 0.5) is 0 Å². The van der Waals surface area contributed by atoms with Crippen LogP contribution in [0.1, 0.15) is 11.5 Å². The van der Waals surface area contributed by atoms with Crippen molar-refractivity contribution >= 4 is 22.2 Å². The largest absolute Gasteiger partial charge is 0.355 e. The van der Waals surface area contributed by atoms with Gasteiger partial charge in [0.15, 0.2) is 4.96 Å². The van der Waals surface area contributed by atoms with Gasteiger partial charge in [0.1, 0.15) is 5.82 Å². The van der Waals surface area contributed by atoms with E-state index >= 15 is 0 Å². The van der Waals surface area contributed by atoms with Crippen LogP contribution in [0.25, 0.3) is 4.96 Å². The molecule has 20 heavy (non-hydrogen) atoms. The van der Waals surface area contributed by atoms with Crippen LogP contribution in [-0.4, -0.2) is 37.0 Å². The molecule has 104 valence electrons. The van der Waals surface area contributed by atoms with E-state index in [0.717, 1.165) is 10.7 Å². The predicted octanol–water partition coefficient (Wildman–Crippen LogP) is -0.291. The molecule has 0 spiro atoms. The van der Waals surface area contributed by atoms with Gasteiger partial charge in [0.05, 0.1) is 12.1 Å². The summed E-state index contributed by atoms with van der Waals surface area (Å²) in [7, 11) is 0. The first kappa shape index (κ1) is 12.6. The highest BCUT2D eigenvalue weighted by atomic mass is 32.1. The number of imidazole rings is 1. The van der Waals surface area contributed by atoms with Crippen molar-refractivity contribution in [3.63, 3.8) is 0 Å². The normalized spacial score (nSPS) is 11.0. The number of aromatic nitrogens is 5. The molecule has 0 atom stereocenters. The molecule has 0 bridgehead atoms. The molecule has 0 saturated carbocycles. The van der Waals surface area contributed by atoms with Crippen LogP contribution < -0.4 is 11.0 Å². The van der Waals surface area contributed by atoms with Gasteiger partial charge in [0.25, 0.3) is 0 Å². The van der Waals surface area contributed by atoms with Crippen molar-refractivity contribution in [3.8, 4) is 0 Å². The van der Waals surface area contributed by atoms with E-state index in [1.54, 1.807) is 11.3 Å². The highest BCUT2D eigenvalue weighted by Gasteiger charge is 2.07. The second-order valence-corrected chi connectivity index (χ2v) is 5.10. The highest BCUT2D eigenvalue weighted by Crippen LogP contribution is 2.11. The number of nitrogens with zero attached hydrogens (tertiary/aromatic N) is 3. The van der Waals surface area contributed by atoms with Crippen LogP contribution in [0.2, 0.25) is 0 Å². The number of fused-ring (bicyclic) bond motifs is 1. The third kappa shape index (κ3) is 2.77. The number of aromatic amines is 2. The Morgan fingerprint density at radius 2 is 2.40 bits per heavy atom. The zero-order chi connectivity index (χ0) is 13.9. The second kappa shape index (κ2) is 5.29. The lowest BCUT2D eigenvalue weighted by molar-refractivity contribution is -0.120. The molecule has 0 aliphatic rings. The molecule has 3 N–H and O–H groups in total. The van der Waals surface area contributed by atoms with E-state index in [4.69, 9.17) is 0 Å². The van der Waals surface area contributed by atoms with Crippen molar-refractivity contribution in [1.82, 2.24) is 29.9 Å². The maximum atomic E-state index is 11.6. The highest BCUT2D eigenvalue weighted by molar-refractivity contribution is 7.15.